The van der Waals surface area contributed by atoms with Crippen LogP contribution in [0.2, 0.25) is 5.02 Å². The second-order valence-electron chi connectivity index (χ2n) is 7.29. The van der Waals surface area contributed by atoms with Crippen LogP contribution in [0.5, 0.6) is 0 Å². The molecular weight excluding hydrogens is 481 g/mol. The highest BCUT2D eigenvalue weighted by Gasteiger charge is 2.30. The van der Waals surface area contributed by atoms with E-state index in [9.17, 15) is 18.0 Å². The molecule has 0 bridgehead atoms. The lowest BCUT2D eigenvalue weighted by molar-refractivity contribution is -0.137. The molecule has 0 spiro atoms. The Morgan fingerprint density at radius 3 is 2.57 bits per heavy atom. The van der Waals surface area contributed by atoms with E-state index in [0.717, 1.165) is 52.8 Å². The summed E-state index contributed by atoms with van der Waals surface area (Å²) in [6.45, 7) is 0. The monoisotopic (exact) mass is 502 g/mol. The molecule has 0 radical (unpaired) electrons. The topological polar surface area (TPSA) is 95.6 Å². The van der Waals surface area contributed by atoms with Crippen LogP contribution >= 0.6 is 11.6 Å². The fraction of sp³-hybridized carbons (Fsp3) is 0.167. The Balaban J connectivity index is 0.000000241. The Hall–Kier alpha value is -3.92. The molecule has 7 nitrogen and oxygen atoms in total. The maximum absolute atomic E-state index is 12.0. The number of aromatic nitrogens is 4. The van der Waals surface area contributed by atoms with E-state index in [-0.39, 0.29) is 5.56 Å². The lowest BCUT2D eigenvalue weighted by Gasteiger charge is -2.06. The Bertz CT molecular complexity index is 1250. The molecule has 0 aliphatic carbocycles. The van der Waals surface area contributed by atoms with Gasteiger partial charge in [0.2, 0.25) is 0 Å². The molecule has 35 heavy (non-hydrogen) atoms. The van der Waals surface area contributed by atoms with Crippen molar-refractivity contribution in [3.63, 3.8) is 0 Å². The van der Waals surface area contributed by atoms with E-state index in [0.29, 0.717) is 12.1 Å². The van der Waals surface area contributed by atoms with Gasteiger partial charge in [0.25, 0.3) is 0 Å². The predicted octanol–water partition coefficient (Wildman–Crippen LogP) is 5.94. The lowest BCUT2D eigenvalue weighted by atomic mass is 10.1. The third kappa shape index (κ3) is 7.82. The van der Waals surface area contributed by atoms with Crippen molar-refractivity contribution in [3.05, 3.63) is 94.5 Å². The number of nitrogens with one attached hydrogen (secondary N) is 3. The number of aryl methyl sites for hydroxylation is 2. The number of alkyl halides is 3. The van der Waals surface area contributed by atoms with Gasteiger partial charge in [-0.2, -0.15) is 18.3 Å². The normalized spacial score (nSPS) is 10.8. The fourth-order valence-corrected chi connectivity index (χ4v) is 3.24. The van der Waals surface area contributed by atoms with Crippen LogP contribution < -0.4 is 10.6 Å². The number of H-pyrrole nitrogens is 1. The van der Waals surface area contributed by atoms with Crippen molar-refractivity contribution in [2.45, 2.75) is 19.0 Å². The van der Waals surface area contributed by atoms with Gasteiger partial charge in [-0.1, -0.05) is 23.7 Å². The molecule has 0 amide bonds. The minimum absolute atomic E-state index is 0.0322. The summed E-state index contributed by atoms with van der Waals surface area (Å²) in [6.07, 6.45) is 2.58. The van der Waals surface area contributed by atoms with Gasteiger partial charge in [0.1, 0.15) is 12.1 Å². The summed E-state index contributed by atoms with van der Waals surface area (Å²) in [6, 6.07) is 12.2. The van der Waals surface area contributed by atoms with Crippen molar-refractivity contribution in [3.8, 4) is 0 Å². The third-order valence-electron chi connectivity index (χ3n) is 4.80. The van der Waals surface area contributed by atoms with E-state index in [1.807, 2.05) is 25.2 Å². The summed E-state index contributed by atoms with van der Waals surface area (Å²) >= 11 is 6.25. The summed E-state index contributed by atoms with van der Waals surface area (Å²) in [5, 5.41) is 14.3. The van der Waals surface area contributed by atoms with Crippen LogP contribution in [0.1, 0.15) is 27.2 Å². The van der Waals surface area contributed by atoms with Gasteiger partial charge >= 0.3 is 6.18 Å². The number of aldehydes is 1. The summed E-state index contributed by atoms with van der Waals surface area (Å²) in [4.78, 5) is 18.3. The fourth-order valence-electron chi connectivity index (χ4n) is 3.03. The van der Waals surface area contributed by atoms with Gasteiger partial charge in [-0.25, -0.2) is 4.98 Å². The SMILES string of the molecule is CNc1ccc(Cl)c(CCc2cc(Nc3cnccn3)n[nH]2)c1.O=Cc1cccc(C(F)(F)F)c1. The van der Waals surface area contributed by atoms with Crippen molar-refractivity contribution in [2.24, 2.45) is 0 Å². The number of benzene rings is 2. The number of nitrogens with zero attached hydrogens (tertiary/aromatic N) is 3. The van der Waals surface area contributed by atoms with Crippen LogP contribution in [-0.4, -0.2) is 33.5 Å². The highest BCUT2D eigenvalue weighted by atomic mass is 35.5. The van der Waals surface area contributed by atoms with Gasteiger partial charge in [0.05, 0.1) is 11.8 Å². The third-order valence-corrected chi connectivity index (χ3v) is 5.17. The highest BCUT2D eigenvalue weighted by Crippen LogP contribution is 2.29. The zero-order valence-corrected chi connectivity index (χ0v) is 19.4. The van der Waals surface area contributed by atoms with Crippen LogP contribution in [-0.2, 0) is 19.0 Å². The van der Waals surface area contributed by atoms with Gasteiger partial charge in [-0.3, -0.25) is 14.9 Å². The first-order chi connectivity index (χ1) is 16.8. The number of halogens is 4. The van der Waals surface area contributed by atoms with Gasteiger partial charge in [0.15, 0.2) is 5.82 Å². The molecule has 2 heterocycles. The van der Waals surface area contributed by atoms with Crippen molar-refractivity contribution < 1.29 is 18.0 Å². The number of hydrogen-bond donors (Lipinski definition) is 3. The Morgan fingerprint density at radius 1 is 1.06 bits per heavy atom. The van der Waals surface area contributed by atoms with Crippen LogP contribution in [0.4, 0.5) is 30.5 Å². The number of aromatic amines is 1. The van der Waals surface area contributed by atoms with E-state index < -0.39 is 11.7 Å². The molecule has 0 saturated heterocycles. The Kier molecular flexibility index (Phi) is 8.80. The molecule has 182 valence electrons. The van der Waals surface area contributed by atoms with Crippen LogP contribution in [0.25, 0.3) is 0 Å². The number of anilines is 3. The van der Waals surface area contributed by atoms with Crippen LogP contribution in [0.3, 0.4) is 0 Å². The first-order valence-corrected chi connectivity index (χ1v) is 10.8. The molecule has 0 aliphatic heterocycles. The van der Waals surface area contributed by atoms with Gasteiger partial charge in [-0.05, 0) is 48.7 Å². The zero-order chi connectivity index (χ0) is 25.3. The second-order valence-corrected chi connectivity index (χ2v) is 7.70. The number of rotatable bonds is 7. The average Bonchev–Trinajstić information content (AvgIpc) is 3.31. The number of carbonyl (C=O) groups is 1. The molecule has 4 rings (SSSR count). The largest absolute Gasteiger partial charge is 0.416 e. The van der Waals surface area contributed by atoms with Gasteiger partial charge in [-0.15, -0.1) is 0 Å². The summed E-state index contributed by atoms with van der Waals surface area (Å²) in [5.74, 6) is 1.38. The Morgan fingerprint density at radius 2 is 1.89 bits per heavy atom. The van der Waals surface area contributed by atoms with Crippen LogP contribution in [0.15, 0.2) is 67.1 Å². The van der Waals surface area contributed by atoms with Crippen molar-refractivity contribution in [2.75, 3.05) is 17.7 Å². The molecule has 2 aromatic heterocycles. The van der Waals surface area contributed by atoms with E-state index >= 15 is 0 Å². The standard InChI is InChI=1S/C16H17ClN6.C8H5F3O/c1-18-12-4-5-14(17)11(8-12)2-3-13-9-15(23-22-13)21-16-10-19-6-7-20-16;9-8(10,11)7-3-1-2-6(4-7)5-12/h4-10,18H,2-3H2,1H3,(H2,20,21,22,23);1-5H. The molecule has 2 aromatic carbocycles. The molecule has 3 N–H and O–H groups in total. The number of carbonyl (C=O) groups excluding carboxylic acids is 1. The van der Waals surface area contributed by atoms with Gasteiger partial charge in [0, 0.05) is 47.5 Å². The second kappa shape index (κ2) is 12.0. The van der Waals surface area contributed by atoms with Crippen LogP contribution in [0, 0.1) is 0 Å². The Labute approximate surface area is 204 Å². The highest BCUT2D eigenvalue weighted by molar-refractivity contribution is 6.31. The lowest BCUT2D eigenvalue weighted by Crippen LogP contribution is -2.04. The molecule has 0 aliphatic rings. The van der Waals surface area contributed by atoms with E-state index in [1.165, 1.54) is 12.1 Å². The predicted molar refractivity (Wildman–Crippen MR) is 129 cm³/mol. The number of hydrogen-bond acceptors (Lipinski definition) is 6. The first-order valence-electron chi connectivity index (χ1n) is 10.4. The average molecular weight is 503 g/mol. The summed E-state index contributed by atoms with van der Waals surface area (Å²) < 4.78 is 36.0. The maximum Gasteiger partial charge on any atom is 0.416 e. The molecular formula is C24H22ClF3N6O. The smallest absolute Gasteiger partial charge is 0.388 e. The van der Waals surface area contributed by atoms with E-state index in [2.05, 4.69) is 36.9 Å². The summed E-state index contributed by atoms with van der Waals surface area (Å²) in [5.41, 5.74) is 2.43. The molecule has 0 fully saturated rings. The first kappa shape index (κ1) is 25.7. The summed E-state index contributed by atoms with van der Waals surface area (Å²) in [7, 11) is 1.90. The van der Waals surface area contributed by atoms with E-state index in [4.69, 9.17) is 11.6 Å². The quantitative estimate of drug-likeness (QED) is 0.271. The van der Waals surface area contributed by atoms with Crippen molar-refractivity contribution in [1.82, 2.24) is 20.2 Å². The maximum atomic E-state index is 12.0. The van der Waals surface area contributed by atoms with Crippen molar-refractivity contribution in [1.29, 1.82) is 0 Å². The minimum Gasteiger partial charge on any atom is -0.388 e. The molecule has 0 unspecified atom stereocenters. The molecule has 0 saturated carbocycles. The molecule has 11 heteroatoms. The van der Waals surface area contributed by atoms with E-state index in [1.54, 1.807) is 18.6 Å². The molecule has 0 atom stereocenters. The van der Waals surface area contributed by atoms with Crippen molar-refractivity contribution >= 4 is 35.2 Å². The zero-order valence-electron chi connectivity index (χ0n) is 18.6. The molecule has 4 aromatic rings. The van der Waals surface area contributed by atoms with Gasteiger partial charge < -0.3 is 10.6 Å². The minimum atomic E-state index is -4.38.